The Kier molecular flexibility index (Phi) is 7.03. The molecule has 1 aliphatic rings. The Morgan fingerprint density at radius 2 is 1.74 bits per heavy atom. The van der Waals surface area contributed by atoms with Crippen LogP contribution in [0.25, 0.3) is 11.4 Å². The van der Waals surface area contributed by atoms with Crippen LogP contribution in [0.4, 0.5) is 5.69 Å². The number of nitrogens with one attached hydrogen (secondary N) is 2. The summed E-state index contributed by atoms with van der Waals surface area (Å²) in [6.45, 7) is 2.85. The Morgan fingerprint density at radius 1 is 1.00 bits per heavy atom. The number of nitrogens with zero attached hydrogens (tertiary/aromatic N) is 4. The van der Waals surface area contributed by atoms with Crippen LogP contribution in [-0.2, 0) is 19.6 Å². The average molecular weight is 483 g/mol. The zero-order valence-corrected chi connectivity index (χ0v) is 19.6. The van der Waals surface area contributed by atoms with Gasteiger partial charge >= 0.3 is 0 Å². The van der Waals surface area contributed by atoms with Gasteiger partial charge in [0.1, 0.15) is 5.82 Å². The zero-order valence-electron chi connectivity index (χ0n) is 18.8. The number of anilines is 1. The van der Waals surface area contributed by atoms with E-state index in [9.17, 15) is 18.0 Å². The van der Waals surface area contributed by atoms with E-state index in [0.29, 0.717) is 30.4 Å². The molecular weight excluding hydrogens is 456 g/mol. The second-order valence-electron chi connectivity index (χ2n) is 7.97. The second-order valence-corrected chi connectivity index (χ2v) is 9.91. The standard InChI is InChI=1S/C23H26N6O4S/c1-17-24-23(27-26-17)18-6-5-7-19(16-18)25-21(30)10-11-22(31)28-12-14-29(15-13-28)34(32,33)20-8-3-2-4-9-20/h2-9,16H,10-15H2,1H3,(H,25,30)(H,24,26,27). The predicted molar refractivity (Wildman–Crippen MR) is 126 cm³/mol. The van der Waals surface area contributed by atoms with Gasteiger partial charge in [-0.1, -0.05) is 30.3 Å². The molecule has 2 heterocycles. The molecule has 1 saturated heterocycles. The van der Waals surface area contributed by atoms with E-state index in [-0.39, 0.29) is 42.6 Å². The molecule has 0 bridgehead atoms. The lowest BCUT2D eigenvalue weighted by Crippen LogP contribution is -2.50. The van der Waals surface area contributed by atoms with Crippen LogP contribution in [0.15, 0.2) is 59.5 Å². The summed E-state index contributed by atoms with van der Waals surface area (Å²) in [7, 11) is -3.57. The summed E-state index contributed by atoms with van der Waals surface area (Å²) in [5.41, 5.74) is 1.36. The van der Waals surface area contributed by atoms with Crippen molar-refractivity contribution in [3.05, 3.63) is 60.4 Å². The first-order chi connectivity index (χ1) is 16.3. The molecule has 2 N–H and O–H groups in total. The van der Waals surface area contributed by atoms with E-state index < -0.39 is 10.0 Å². The van der Waals surface area contributed by atoms with Crippen LogP contribution in [0, 0.1) is 6.92 Å². The number of piperazine rings is 1. The number of hydrogen-bond donors (Lipinski definition) is 2. The lowest BCUT2D eigenvalue weighted by atomic mass is 10.2. The molecule has 0 atom stereocenters. The van der Waals surface area contributed by atoms with Gasteiger partial charge in [-0.25, -0.2) is 13.4 Å². The fourth-order valence-corrected chi connectivity index (χ4v) is 5.17. The van der Waals surface area contributed by atoms with E-state index in [1.54, 1.807) is 60.4 Å². The monoisotopic (exact) mass is 482 g/mol. The molecular formula is C23H26N6O4S. The van der Waals surface area contributed by atoms with Crippen molar-refractivity contribution >= 4 is 27.5 Å². The molecule has 10 nitrogen and oxygen atoms in total. The summed E-state index contributed by atoms with van der Waals surface area (Å²) < 4.78 is 26.8. The minimum absolute atomic E-state index is 0.0331. The molecule has 3 aromatic rings. The van der Waals surface area contributed by atoms with E-state index in [1.165, 1.54) is 4.31 Å². The number of amides is 2. The normalized spacial score (nSPS) is 14.7. The molecule has 2 aromatic carbocycles. The van der Waals surface area contributed by atoms with Crippen molar-refractivity contribution in [2.45, 2.75) is 24.7 Å². The fraction of sp³-hybridized carbons (Fsp3) is 0.304. The van der Waals surface area contributed by atoms with Crippen LogP contribution in [0.2, 0.25) is 0 Å². The first-order valence-corrected chi connectivity index (χ1v) is 12.4. The maximum Gasteiger partial charge on any atom is 0.243 e. The van der Waals surface area contributed by atoms with Crippen molar-refractivity contribution < 1.29 is 18.0 Å². The summed E-state index contributed by atoms with van der Waals surface area (Å²) in [6.07, 6.45) is 0.0857. The summed E-state index contributed by atoms with van der Waals surface area (Å²) in [5, 5.41) is 9.70. The SMILES string of the molecule is Cc1nc(-c2cccc(NC(=O)CCC(=O)N3CCN(S(=O)(=O)c4ccccc4)CC3)c2)n[nH]1. The van der Waals surface area contributed by atoms with E-state index >= 15 is 0 Å². The summed E-state index contributed by atoms with van der Waals surface area (Å²) in [4.78, 5) is 31.1. The van der Waals surface area contributed by atoms with Crippen molar-refractivity contribution in [1.29, 1.82) is 0 Å². The third-order valence-corrected chi connectivity index (χ3v) is 7.45. The van der Waals surface area contributed by atoms with E-state index in [1.807, 2.05) is 6.07 Å². The molecule has 11 heteroatoms. The Balaban J connectivity index is 1.26. The van der Waals surface area contributed by atoms with Gasteiger partial charge in [-0.05, 0) is 31.2 Å². The second kappa shape index (κ2) is 10.1. The molecule has 1 fully saturated rings. The first kappa shape index (κ1) is 23.6. The van der Waals surface area contributed by atoms with Crippen LogP contribution in [0.1, 0.15) is 18.7 Å². The van der Waals surface area contributed by atoms with Gasteiger partial charge < -0.3 is 10.2 Å². The number of aromatic amines is 1. The van der Waals surface area contributed by atoms with E-state index in [2.05, 4.69) is 20.5 Å². The van der Waals surface area contributed by atoms with Gasteiger partial charge in [0.25, 0.3) is 0 Å². The maximum atomic E-state index is 12.7. The first-order valence-electron chi connectivity index (χ1n) is 11.0. The lowest BCUT2D eigenvalue weighted by molar-refractivity contribution is -0.133. The van der Waals surface area contributed by atoms with Crippen LogP contribution in [-0.4, -0.2) is 70.8 Å². The van der Waals surface area contributed by atoms with Gasteiger partial charge in [-0.3, -0.25) is 14.7 Å². The number of carbonyl (C=O) groups is 2. The van der Waals surface area contributed by atoms with Gasteiger partial charge in [0.2, 0.25) is 21.8 Å². The molecule has 4 rings (SSSR count). The minimum atomic E-state index is -3.57. The summed E-state index contributed by atoms with van der Waals surface area (Å²) in [6, 6.07) is 15.4. The zero-order chi connectivity index (χ0) is 24.1. The molecule has 1 aromatic heterocycles. The van der Waals surface area contributed by atoms with Gasteiger partial charge in [0.05, 0.1) is 4.90 Å². The Labute approximate surface area is 198 Å². The third-order valence-electron chi connectivity index (χ3n) is 5.54. The van der Waals surface area contributed by atoms with Crippen LogP contribution in [0.5, 0.6) is 0 Å². The Morgan fingerprint density at radius 3 is 2.41 bits per heavy atom. The molecule has 2 amide bonds. The number of aryl methyl sites for hydroxylation is 1. The highest BCUT2D eigenvalue weighted by molar-refractivity contribution is 7.89. The molecule has 0 spiro atoms. The largest absolute Gasteiger partial charge is 0.340 e. The topological polar surface area (TPSA) is 128 Å². The predicted octanol–water partition coefficient (Wildman–Crippen LogP) is 2.03. The Bertz CT molecular complexity index is 1270. The quantitative estimate of drug-likeness (QED) is 0.530. The van der Waals surface area contributed by atoms with E-state index in [4.69, 9.17) is 0 Å². The average Bonchev–Trinajstić information content (AvgIpc) is 3.29. The van der Waals surface area contributed by atoms with Crippen molar-refractivity contribution in [2.24, 2.45) is 0 Å². The van der Waals surface area contributed by atoms with Gasteiger partial charge in [0.15, 0.2) is 5.82 Å². The van der Waals surface area contributed by atoms with Crippen LogP contribution >= 0.6 is 0 Å². The van der Waals surface area contributed by atoms with Gasteiger partial charge in [0, 0.05) is 50.3 Å². The Hall–Kier alpha value is -3.57. The van der Waals surface area contributed by atoms with E-state index in [0.717, 1.165) is 5.56 Å². The minimum Gasteiger partial charge on any atom is -0.340 e. The molecule has 0 saturated carbocycles. The van der Waals surface area contributed by atoms with Crippen molar-refractivity contribution in [3.8, 4) is 11.4 Å². The molecule has 178 valence electrons. The molecule has 0 aliphatic carbocycles. The van der Waals surface area contributed by atoms with Crippen molar-refractivity contribution in [2.75, 3.05) is 31.5 Å². The molecule has 1 aliphatic heterocycles. The highest BCUT2D eigenvalue weighted by Crippen LogP contribution is 2.20. The third kappa shape index (κ3) is 5.49. The number of benzene rings is 2. The summed E-state index contributed by atoms with van der Waals surface area (Å²) in [5.74, 6) is 0.789. The molecule has 0 radical (unpaired) electrons. The van der Waals surface area contributed by atoms with Gasteiger partial charge in [-0.15, -0.1) is 0 Å². The van der Waals surface area contributed by atoms with Crippen molar-refractivity contribution in [3.63, 3.8) is 0 Å². The highest BCUT2D eigenvalue weighted by Gasteiger charge is 2.30. The smallest absolute Gasteiger partial charge is 0.243 e. The number of H-pyrrole nitrogens is 1. The van der Waals surface area contributed by atoms with Gasteiger partial charge in [-0.2, -0.15) is 9.40 Å². The number of sulfonamides is 1. The van der Waals surface area contributed by atoms with Crippen molar-refractivity contribution in [1.82, 2.24) is 24.4 Å². The number of carbonyl (C=O) groups excluding carboxylic acids is 2. The summed E-state index contributed by atoms with van der Waals surface area (Å²) >= 11 is 0. The maximum absolute atomic E-state index is 12.7. The number of hydrogen-bond acceptors (Lipinski definition) is 6. The van der Waals surface area contributed by atoms with Crippen LogP contribution < -0.4 is 5.32 Å². The van der Waals surface area contributed by atoms with Crippen LogP contribution in [0.3, 0.4) is 0 Å². The molecule has 34 heavy (non-hydrogen) atoms. The fourth-order valence-electron chi connectivity index (χ4n) is 3.73. The number of aromatic nitrogens is 3. The lowest BCUT2D eigenvalue weighted by Gasteiger charge is -2.34. The molecule has 0 unspecified atom stereocenters. The number of rotatable bonds is 7. The highest BCUT2D eigenvalue weighted by atomic mass is 32.2.